The average Bonchev–Trinajstić information content (AvgIpc) is 3.85. The third kappa shape index (κ3) is 9.44. The van der Waals surface area contributed by atoms with Crippen LogP contribution in [0.1, 0.15) is 132 Å². The van der Waals surface area contributed by atoms with Gasteiger partial charge >= 0.3 is 0 Å². The molecule has 5 atom stereocenters. The molecule has 3 aromatic carbocycles. The number of aromatic amines is 1. The number of nitrogens with zero attached hydrogens (tertiary/aromatic N) is 5. The van der Waals surface area contributed by atoms with E-state index in [4.69, 9.17) is 14.5 Å². The zero-order valence-corrected chi connectivity index (χ0v) is 43.3. The maximum absolute atomic E-state index is 14.8. The molecule has 1 spiro atoms. The first-order valence-corrected chi connectivity index (χ1v) is 28.1. The van der Waals surface area contributed by atoms with Gasteiger partial charge in [0.1, 0.15) is 23.1 Å². The van der Waals surface area contributed by atoms with Crippen LogP contribution < -0.4 is 24.6 Å². The molecule has 6 aliphatic rings. The molecule has 0 radical (unpaired) electrons. The molecule has 1 amide bonds. The number of H-pyrrole nitrogens is 1. The molecule has 11 rings (SSSR count). The van der Waals surface area contributed by atoms with Gasteiger partial charge < -0.3 is 34.7 Å². The lowest BCUT2D eigenvalue weighted by molar-refractivity contribution is -0.384. The first-order chi connectivity index (χ1) is 35.1. The Hall–Kier alpha value is -5.75. The fraction of sp³-hybridized carbons (Fsp3) is 0.536. The molecular weight excluding hydrogens is 945 g/mol. The maximum atomic E-state index is 14.8. The summed E-state index contributed by atoms with van der Waals surface area (Å²) in [4.78, 5) is 41.5. The van der Waals surface area contributed by atoms with Crippen molar-refractivity contribution in [1.29, 1.82) is 0 Å². The van der Waals surface area contributed by atoms with Crippen molar-refractivity contribution in [3.05, 3.63) is 106 Å². The van der Waals surface area contributed by atoms with Crippen LogP contribution >= 0.6 is 0 Å². The Bertz CT molecular complexity index is 3000. The van der Waals surface area contributed by atoms with Crippen molar-refractivity contribution in [1.82, 2.24) is 19.6 Å². The van der Waals surface area contributed by atoms with Gasteiger partial charge in [-0.15, -0.1) is 0 Å². The molecule has 4 aliphatic heterocycles. The summed E-state index contributed by atoms with van der Waals surface area (Å²) in [6.45, 7) is 12.9. The highest BCUT2D eigenvalue weighted by atomic mass is 32.2. The predicted molar refractivity (Wildman–Crippen MR) is 282 cm³/mol. The van der Waals surface area contributed by atoms with E-state index in [0.29, 0.717) is 85.8 Å². The molecule has 16 nitrogen and oxygen atoms in total. The summed E-state index contributed by atoms with van der Waals surface area (Å²) in [5.41, 5.74) is 5.12. The van der Waals surface area contributed by atoms with E-state index in [-0.39, 0.29) is 28.6 Å². The van der Waals surface area contributed by atoms with Crippen LogP contribution in [0, 0.1) is 27.4 Å². The zero-order chi connectivity index (χ0) is 50.8. The number of nitro groups is 1. The number of nitrogens with one attached hydrogen (secondary N) is 3. The van der Waals surface area contributed by atoms with Crippen molar-refractivity contribution < 1.29 is 32.7 Å². The number of aliphatic hydroxyl groups is 1. The molecule has 5 fully saturated rings. The summed E-state index contributed by atoms with van der Waals surface area (Å²) in [5.74, 6) is 0.731. The molecule has 2 unspecified atom stereocenters. The molecule has 4 N–H and O–H groups in total. The topological polar surface area (TPSA) is 196 Å². The molecule has 2 aliphatic carbocycles. The van der Waals surface area contributed by atoms with Gasteiger partial charge in [-0.1, -0.05) is 51.5 Å². The Morgan fingerprint density at radius 1 is 0.959 bits per heavy atom. The Balaban J connectivity index is 0.873. The summed E-state index contributed by atoms with van der Waals surface area (Å²) in [7, 11) is -4.62. The molecule has 0 bridgehead atoms. The first kappa shape index (κ1) is 49.5. The van der Waals surface area contributed by atoms with Crippen LogP contribution in [0.15, 0.2) is 83.9 Å². The normalized spacial score (nSPS) is 27.2. The van der Waals surface area contributed by atoms with E-state index in [0.717, 1.165) is 62.5 Å². The monoisotopic (exact) mass is 1010 g/mol. The number of sulfonamides is 1. The molecule has 73 heavy (non-hydrogen) atoms. The number of carbonyl (C=O) groups excluding carboxylic acids is 1. The highest BCUT2D eigenvalue weighted by Crippen LogP contribution is 2.58. The maximum Gasteiger partial charge on any atom is 0.293 e. The molecule has 5 aromatic rings. The van der Waals surface area contributed by atoms with E-state index < -0.39 is 43.1 Å². The highest BCUT2D eigenvalue weighted by Gasteiger charge is 2.55. The standard InChI is InChI=1S/C56H70N8O8S/c1-35(2)41-9-5-6-10-42(41)45-11-7-8-25-62(45)50-32-56(36(50)3)22-26-61(27-23-56)39-12-14-43(47(30-39)63-46-19-28-71-34-51(46)72-54-49(63)29-38-18-24-57-52(38)59-54)53(65)60-73(69,70)40-13-15-44(48(31-40)64(67)68)58-33-37-16-20-55(4,66)21-17-37/h5-6,9-10,12-15,18,24,29-31,35-37,45-46,50-51,58,66H,7-8,11,16-17,19-23,25-28,32-34H2,1-4H3,(H,57,59)(H,60,65)/t36?,37-,45-,46+,50?,51+,55-/m1/s1. The molecule has 17 heteroatoms. The number of hydrogen-bond acceptors (Lipinski definition) is 13. The summed E-state index contributed by atoms with van der Waals surface area (Å²) < 4.78 is 43.2. The Kier molecular flexibility index (Phi) is 13.2. The molecule has 6 heterocycles. The number of rotatable bonds is 12. The van der Waals surface area contributed by atoms with Crippen LogP contribution in [0.2, 0.25) is 0 Å². The highest BCUT2D eigenvalue weighted by molar-refractivity contribution is 7.90. The lowest BCUT2D eigenvalue weighted by Gasteiger charge is -2.62. The number of likely N-dealkylation sites (tertiary alicyclic amines) is 1. The number of fused-ring (bicyclic) bond motifs is 3. The number of nitro benzene ring substituents is 1. The van der Waals surface area contributed by atoms with Crippen molar-refractivity contribution >= 4 is 55.4 Å². The van der Waals surface area contributed by atoms with Gasteiger partial charge in [0.15, 0.2) is 0 Å². The smallest absolute Gasteiger partial charge is 0.293 e. The summed E-state index contributed by atoms with van der Waals surface area (Å²) in [6, 6.07) is 23.0. The van der Waals surface area contributed by atoms with Gasteiger partial charge in [0.2, 0.25) is 5.88 Å². The van der Waals surface area contributed by atoms with Crippen LogP contribution in [0.25, 0.3) is 11.0 Å². The number of carbonyl (C=O) groups is 1. The number of pyridine rings is 1. The minimum atomic E-state index is -4.62. The van der Waals surface area contributed by atoms with Gasteiger partial charge in [-0.25, -0.2) is 13.1 Å². The zero-order valence-electron chi connectivity index (χ0n) is 42.5. The van der Waals surface area contributed by atoms with Crippen molar-refractivity contribution in [2.24, 2.45) is 17.3 Å². The van der Waals surface area contributed by atoms with Crippen LogP contribution in [0.3, 0.4) is 0 Å². The molecule has 2 aromatic heterocycles. The third-order valence-electron chi connectivity index (χ3n) is 17.8. The fourth-order valence-corrected chi connectivity index (χ4v) is 14.3. The summed E-state index contributed by atoms with van der Waals surface area (Å²) in [6.07, 6.45) is 11.7. The second kappa shape index (κ2) is 19.5. The number of piperidine rings is 2. The van der Waals surface area contributed by atoms with Gasteiger partial charge in [-0.05, 0) is 154 Å². The number of anilines is 4. The number of aromatic nitrogens is 2. The fourth-order valence-electron chi connectivity index (χ4n) is 13.4. The van der Waals surface area contributed by atoms with Crippen LogP contribution in [0.4, 0.5) is 28.4 Å². The second-order valence-corrected chi connectivity index (χ2v) is 24.2. The summed E-state index contributed by atoms with van der Waals surface area (Å²) >= 11 is 0. The predicted octanol–water partition coefficient (Wildman–Crippen LogP) is 9.98. The Morgan fingerprint density at radius 3 is 2.52 bits per heavy atom. The number of amides is 1. The van der Waals surface area contributed by atoms with E-state index in [1.54, 1.807) is 6.07 Å². The van der Waals surface area contributed by atoms with Crippen molar-refractivity contribution in [2.45, 2.75) is 139 Å². The van der Waals surface area contributed by atoms with Gasteiger partial charge in [-0.3, -0.25) is 19.8 Å². The lowest BCUT2D eigenvalue weighted by atomic mass is 9.52. The van der Waals surface area contributed by atoms with Gasteiger partial charge in [0.05, 0.1) is 39.3 Å². The van der Waals surface area contributed by atoms with Crippen LogP contribution in [-0.4, -0.2) is 102 Å². The molecule has 388 valence electrons. The number of hydrogen-bond donors (Lipinski definition) is 4. The average molecular weight is 1020 g/mol. The van der Waals surface area contributed by atoms with E-state index >= 15 is 0 Å². The Morgan fingerprint density at radius 2 is 1.75 bits per heavy atom. The largest absolute Gasteiger partial charge is 0.468 e. The quantitative estimate of drug-likeness (QED) is 0.0682. The van der Waals surface area contributed by atoms with E-state index in [1.165, 1.54) is 48.9 Å². The minimum Gasteiger partial charge on any atom is -0.468 e. The van der Waals surface area contributed by atoms with Crippen molar-refractivity contribution in [3.8, 4) is 5.88 Å². The van der Waals surface area contributed by atoms with E-state index in [2.05, 4.69) is 74.8 Å². The van der Waals surface area contributed by atoms with Crippen LogP contribution in [0.5, 0.6) is 5.88 Å². The lowest BCUT2D eigenvalue weighted by Crippen LogP contribution is -2.62. The summed E-state index contributed by atoms with van der Waals surface area (Å²) in [5, 5.41) is 26.8. The molecular formula is C56H70N8O8S. The van der Waals surface area contributed by atoms with Gasteiger partial charge in [0, 0.05) is 61.7 Å². The van der Waals surface area contributed by atoms with Crippen molar-refractivity contribution in [3.63, 3.8) is 0 Å². The molecule has 3 saturated heterocycles. The minimum absolute atomic E-state index is 0.123. The second-order valence-electron chi connectivity index (χ2n) is 22.5. The third-order valence-corrected chi connectivity index (χ3v) is 19.1. The van der Waals surface area contributed by atoms with Gasteiger partial charge in [-0.2, -0.15) is 4.98 Å². The SMILES string of the molecule is CC(C)c1ccccc1[C@H]1CCCCN1C1CC2(CCN(c3ccc(C(=O)NS(=O)(=O)c4ccc(NC[C@H]5CC[C@](C)(O)CC5)c([N+](=O)[O-])c4)c(N4c5cc6cc[nH]c6nc5O[C@H]5COCC[C@@H]54)c3)CC2)C1C. The van der Waals surface area contributed by atoms with Crippen LogP contribution in [-0.2, 0) is 14.8 Å². The van der Waals surface area contributed by atoms with Crippen molar-refractivity contribution in [2.75, 3.05) is 54.5 Å². The van der Waals surface area contributed by atoms with Gasteiger partial charge in [0.25, 0.3) is 21.6 Å². The number of ether oxygens (including phenoxy) is 2. The first-order valence-electron chi connectivity index (χ1n) is 26.7. The van der Waals surface area contributed by atoms with E-state index in [1.807, 2.05) is 37.4 Å². The van der Waals surface area contributed by atoms with E-state index in [9.17, 15) is 28.4 Å². The molecule has 2 saturated carbocycles. The number of benzene rings is 3. The Labute approximate surface area is 428 Å².